The lowest BCUT2D eigenvalue weighted by Crippen LogP contribution is -2.35. The number of rotatable bonds is 4. The molecule has 0 atom stereocenters. The fraction of sp³-hybridized carbons (Fsp3) is 0. The van der Waals surface area contributed by atoms with Crippen LogP contribution in [0.2, 0.25) is 5.02 Å². The molecule has 0 saturated heterocycles. The predicted octanol–water partition coefficient (Wildman–Crippen LogP) is 5.81. The third-order valence-electron chi connectivity index (χ3n) is 4.11. The second-order valence-corrected chi connectivity index (χ2v) is 9.53. The van der Waals surface area contributed by atoms with E-state index >= 15 is 0 Å². The molecule has 3 aromatic rings. The zero-order chi connectivity index (χ0) is 20.7. The van der Waals surface area contributed by atoms with E-state index in [1.165, 1.54) is 34.6 Å². The number of furan rings is 1. The lowest BCUT2D eigenvalue weighted by molar-refractivity contribution is -0.114. The SMILES string of the molecule is N=C1C(=Cc2ccc(Sc3ccc(Cl)cc3)o2)C(=O)N=C2SC(c3cccs3)=NN12. The van der Waals surface area contributed by atoms with Crippen LogP contribution in [0.25, 0.3) is 6.08 Å². The van der Waals surface area contributed by atoms with E-state index in [0.717, 1.165) is 14.8 Å². The van der Waals surface area contributed by atoms with E-state index in [1.807, 2.05) is 47.8 Å². The number of thiophene rings is 1. The fourth-order valence-corrected chi connectivity index (χ4v) is 5.31. The Morgan fingerprint density at radius 3 is 2.77 bits per heavy atom. The Balaban J connectivity index is 1.38. The first-order chi connectivity index (χ1) is 14.6. The van der Waals surface area contributed by atoms with Gasteiger partial charge in [0.15, 0.2) is 10.9 Å². The molecule has 5 rings (SSSR count). The van der Waals surface area contributed by atoms with Gasteiger partial charge in [-0.3, -0.25) is 10.2 Å². The monoisotopic (exact) mass is 470 g/mol. The molecule has 0 fully saturated rings. The van der Waals surface area contributed by atoms with Crippen LogP contribution in [0.4, 0.5) is 0 Å². The Hall–Kier alpha value is -2.59. The van der Waals surface area contributed by atoms with E-state index in [4.69, 9.17) is 21.4 Å². The van der Waals surface area contributed by atoms with Crippen molar-refractivity contribution in [3.63, 3.8) is 0 Å². The maximum Gasteiger partial charge on any atom is 0.283 e. The highest BCUT2D eigenvalue weighted by atomic mass is 35.5. The minimum absolute atomic E-state index is 0.0210. The average Bonchev–Trinajstić information content (AvgIpc) is 3.47. The van der Waals surface area contributed by atoms with Crippen LogP contribution in [0.5, 0.6) is 0 Å². The summed E-state index contributed by atoms with van der Waals surface area (Å²) in [6.07, 6.45) is 1.53. The van der Waals surface area contributed by atoms with E-state index in [1.54, 1.807) is 17.4 Å². The number of hydrogen-bond acceptors (Lipinski definition) is 7. The second kappa shape index (κ2) is 7.92. The van der Waals surface area contributed by atoms with Gasteiger partial charge in [0.25, 0.3) is 5.91 Å². The number of hydrogen-bond donors (Lipinski definition) is 1. The molecular formula is C20H11ClN4O2S3. The summed E-state index contributed by atoms with van der Waals surface area (Å²) in [4.78, 5) is 18.6. The molecule has 148 valence electrons. The van der Waals surface area contributed by atoms with E-state index in [2.05, 4.69) is 10.1 Å². The summed E-state index contributed by atoms with van der Waals surface area (Å²) in [5.41, 5.74) is 0.132. The van der Waals surface area contributed by atoms with Crippen molar-refractivity contribution in [1.29, 1.82) is 5.41 Å². The number of thioether (sulfide) groups is 1. The molecule has 6 nitrogen and oxygen atoms in total. The van der Waals surface area contributed by atoms with Gasteiger partial charge in [-0.25, -0.2) is 0 Å². The van der Waals surface area contributed by atoms with Crippen molar-refractivity contribution >= 4 is 74.5 Å². The summed E-state index contributed by atoms with van der Waals surface area (Å²) < 4.78 is 5.81. The molecular weight excluding hydrogens is 460 g/mol. The van der Waals surface area contributed by atoms with Crippen molar-refractivity contribution in [3.05, 3.63) is 75.1 Å². The number of amides is 1. The molecule has 1 amide bonds. The summed E-state index contributed by atoms with van der Waals surface area (Å²) in [5.74, 6) is -0.0374. The number of benzene rings is 1. The molecule has 4 heterocycles. The van der Waals surface area contributed by atoms with E-state index in [-0.39, 0.29) is 11.4 Å². The minimum atomic E-state index is -0.482. The number of nitrogens with zero attached hydrogens (tertiary/aromatic N) is 3. The van der Waals surface area contributed by atoms with Gasteiger partial charge in [0.05, 0.1) is 10.5 Å². The number of hydrazone groups is 1. The first kappa shape index (κ1) is 19.4. The summed E-state index contributed by atoms with van der Waals surface area (Å²) in [6, 6.07) is 14.9. The third kappa shape index (κ3) is 3.77. The molecule has 1 N–H and O–H groups in total. The zero-order valence-electron chi connectivity index (χ0n) is 15.0. The van der Waals surface area contributed by atoms with Gasteiger partial charge in [0.2, 0.25) is 5.17 Å². The van der Waals surface area contributed by atoms with Crippen LogP contribution in [0.1, 0.15) is 10.6 Å². The van der Waals surface area contributed by atoms with Gasteiger partial charge < -0.3 is 4.42 Å². The molecule has 0 bridgehead atoms. The van der Waals surface area contributed by atoms with Crippen LogP contribution in [-0.2, 0) is 4.79 Å². The molecule has 0 saturated carbocycles. The fourth-order valence-electron chi connectivity index (χ4n) is 2.72. The summed E-state index contributed by atoms with van der Waals surface area (Å²) >= 11 is 10.2. The molecule has 0 unspecified atom stereocenters. The quantitative estimate of drug-likeness (QED) is 0.486. The lowest BCUT2D eigenvalue weighted by atomic mass is 10.1. The van der Waals surface area contributed by atoms with Crippen LogP contribution in [0.15, 0.2) is 84.0 Å². The highest BCUT2D eigenvalue weighted by Crippen LogP contribution is 2.33. The highest BCUT2D eigenvalue weighted by molar-refractivity contribution is 8.27. The maximum absolute atomic E-state index is 12.5. The topological polar surface area (TPSA) is 82.0 Å². The molecule has 2 aromatic heterocycles. The molecule has 2 aliphatic rings. The van der Waals surface area contributed by atoms with Crippen molar-refractivity contribution in [2.45, 2.75) is 9.99 Å². The average molecular weight is 471 g/mol. The standard InChI is InChI=1S/C20H11ClN4O2S3/c21-11-3-6-13(7-4-11)29-16-8-5-12(27-16)10-14-17(22)25-20(23-18(14)26)30-19(24-25)15-2-1-9-28-15/h1-10,22H. The summed E-state index contributed by atoms with van der Waals surface area (Å²) in [6.45, 7) is 0. The highest BCUT2D eigenvalue weighted by Gasteiger charge is 2.36. The van der Waals surface area contributed by atoms with Crippen molar-refractivity contribution in [2.75, 3.05) is 0 Å². The Morgan fingerprint density at radius 2 is 2.00 bits per heavy atom. The molecule has 1 aromatic carbocycles. The van der Waals surface area contributed by atoms with Gasteiger partial charge in [-0.15, -0.1) is 11.3 Å². The van der Waals surface area contributed by atoms with Gasteiger partial charge in [-0.05, 0) is 65.7 Å². The smallest absolute Gasteiger partial charge is 0.283 e. The van der Waals surface area contributed by atoms with Crippen molar-refractivity contribution in [1.82, 2.24) is 5.01 Å². The van der Waals surface area contributed by atoms with Gasteiger partial charge in [0, 0.05) is 9.92 Å². The number of amidine groups is 2. The van der Waals surface area contributed by atoms with Gasteiger partial charge in [-0.1, -0.05) is 29.4 Å². The minimum Gasteiger partial charge on any atom is -0.450 e. The van der Waals surface area contributed by atoms with Crippen molar-refractivity contribution in [2.24, 2.45) is 10.1 Å². The van der Waals surface area contributed by atoms with Crippen molar-refractivity contribution in [3.8, 4) is 0 Å². The number of carbonyl (C=O) groups excluding carboxylic acids is 1. The largest absolute Gasteiger partial charge is 0.450 e. The number of carbonyl (C=O) groups is 1. The number of halogens is 1. The normalized spacial score (nSPS) is 17.4. The van der Waals surface area contributed by atoms with Crippen LogP contribution >= 0.6 is 46.5 Å². The number of fused-ring (bicyclic) bond motifs is 1. The molecule has 0 radical (unpaired) electrons. The Bertz CT molecular complexity index is 1240. The van der Waals surface area contributed by atoms with Crippen LogP contribution in [-0.4, -0.2) is 27.0 Å². The molecule has 0 spiro atoms. The van der Waals surface area contributed by atoms with Gasteiger partial charge >= 0.3 is 0 Å². The van der Waals surface area contributed by atoms with Crippen LogP contribution in [0, 0.1) is 5.41 Å². The van der Waals surface area contributed by atoms with Gasteiger partial charge in [0.1, 0.15) is 10.8 Å². The number of nitrogens with one attached hydrogen (secondary N) is 1. The Labute approximate surface area is 188 Å². The second-order valence-electron chi connectivity index (χ2n) is 6.12. The third-order valence-corrected chi connectivity index (χ3v) is 7.24. The summed E-state index contributed by atoms with van der Waals surface area (Å²) in [5, 5.41) is 18.7. The van der Waals surface area contributed by atoms with E-state index in [9.17, 15) is 4.79 Å². The Morgan fingerprint density at radius 1 is 1.17 bits per heavy atom. The van der Waals surface area contributed by atoms with Crippen LogP contribution < -0.4 is 0 Å². The maximum atomic E-state index is 12.5. The lowest BCUT2D eigenvalue weighted by Gasteiger charge is -2.19. The number of aliphatic imine (C=N–C) groups is 1. The zero-order valence-corrected chi connectivity index (χ0v) is 18.2. The van der Waals surface area contributed by atoms with Crippen molar-refractivity contribution < 1.29 is 9.21 Å². The molecule has 2 aliphatic heterocycles. The van der Waals surface area contributed by atoms with Crippen LogP contribution in [0.3, 0.4) is 0 Å². The van der Waals surface area contributed by atoms with Gasteiger partial charge in [-0.2, -0.15) is 15.1 Å². The Kier molecular flexibility index (Phi) is 5.11. The summed E-state index contributed by atoms with van der Waals surface area (Å²) in [7, 11) is 0. The predicted molar refractivity (Wildman–Crippen MR) is 123 cm³/mol. The first-order valence-corrected chi connectivity index (χ1v) is 11.5. The molecule has 0 aliphatic carbocycles. The van der Waals surface area contributed by atoms with E-state index < -0.39 is 5.91 Å². The molecule has 30 heavy (non-hydrogen) atoms. The molecule has 10 heteroatoms. The first-order valence-electron chi connectivity index (χ1n) is 8.64. The van der Waals surface area contributed by atoms with E-state index in [0.29, 0.717) is 21.0 Å².